The number of hydrogen-bond donors (Lipinski definition) is 1. The Bertz CT molecular complexity index is 555. The van der Waals surface area contributed by atoms with Crippen molar-refractivity contribution in [1.82, 2.24) is 0 Å². The number of aryl methyl sites for hydroxylation is 1. The number of methoxy groups -OCH3 is 1. The lowest BCUT2D eigenvalue weighted by molar-refractivity contribution is -0.108. The molecule has 2 N–H and O–H groups in total. The van der Waals surface area contributed by atoms with Crippen molar-refractivity contribution in [2.75, 3.05) is 12.8 Å². The molecule has 1 aromatic carbocycles. The van der Waals surface area contributed by atoms with Gasteiger partial charge in [0.15, 0.2) is 0 Å². The average molecular weight is 301 g/mol. The second-order valence-corrected chi connectivity index (χ2v) is 7.06. The molecule has 4 atom stereocenters. The van der Waals surface area contributed by atoms with E-state index in [9.17, 15) is 4.79 Å². The van der Waals surface area contributed by atoms with Gasteiger partial charge in [-0.25, -0.2) is 0 Å². The first kappa shape index (κ1) is 15.4. The number of anilines is 1. The minimum absolute atomic E-state index is 0.616. The van der Waals surface area contributed by atoms with Gasteiger partial charge in [0.05, 0.1) is 12.8 Å². The highest BCUT2D eigenvalue weighted by atomic mass is 16.5. The minimum Gasteiger partial charge on any atom is -0.495 e. The van der Waals surface area contributed by atoms with Gasteiger partial charge in [-0.05, 0) is 79.0 Å². The molecule has 0 saturated heterocycles. The standard InChI is InChI=1S/C19H27NO2/c1-12-5-7-16-15(14(12)4-3-9-21)8-6-13-10-19(22-2)18(20)11-17(13)16/h9-12,14-16H,3-8,20H2,1-2H3. The molecule has 1 aromatic rings. The Kier molecular flexibility index (Phi) is 4.42. The van der Waals surface area contributed by atoms with Gasteiger partial charge in [0.2, 0.25) is 0 Å². The monoisotopic (exact) mass is 301 g/mol. The highest BCUT2D eigenvalue weighted by molar-refractivity contribution is 5.58. The van der Waals surface area contributed by atoms with E-state index in [0.717, 1.165) is 36.5 Å². The predicted octanol–water partition coefficient (Wildman–Crippen LogP) is 3.95. The summed E-state index contributed by atoms with van der Waals surface area (Å²) in [7, 11) is 1.68. The number of ether oxygens (including phenoxy) is 1. The van der Waals surface area contributed by atoms with E-state index in [1.165, 1.54) is 30.4 Å². The molecule has 0 radical (unpaired) electrons. The molecule has 0 heterocycles. The molecule has 3 heteroatoms. The van der Waals surface area contributed by atoms with Crippen LogP contribution in [0.15, 0.2) is 12.1 Å². The molecule has 1 fully saturated rings. The van der Waals surface area contributed by atoms with Gasteiger partial charge in [-0.2, -0.15) is 0 Å². The van der Waals surface area contributed by atoms with Crippen molar-refractivity contribution < 1.29 is 9.53 Å². The fourth-order valence-corrected chi connectivity index (χ4v) is 4.87. The molecule has 1 saturated carbocycles. The fourth-order valence-electron chi connectivity index (χ4n) is 4.87. The molecule has 0 bridgehead atoms. The molecular formula is C19H27NO2. The summed E-state index contributed by atoms with van der Waals surface area (Å²) in [6.45, 7) is 2.36. The molecule has 120 valence electrons. The normalized spacial score (nSPS) is 30.3. The number of carbonyl (C=O) groups excluding carboxylic acids is 1. The van der Waals surface area contributed by atoms with Gasteiger partial charge in [-0.3, -0.25) is 0 Å². The maximum atomic E-state index is 10.8. The molecule has 3 rings (SSSR count). The van der Waals surface area contributed by atoms with Crippen LogP contribution >= 0.6 is 0 Å². The average Bonchev–Trinajstić information content (AvgIpc) is 2.53. The fraction of sp³-hybridized carbons (Fsp3) is 0.632. The maximum absolute atomic E-state index is 10.8. The minimum atomic E-state index is 0.616. The quantitative estimate of drug-likeness (QED) is 0.677. The first-order valence-electron chi connectivity index (χ1n) is 8.55. The van der Waals surface area contributed by atoms with Crippen molar-refractivity contribution in [1.29, 1.82) is 0 Å². The molecule has 0 spiro atoms. The molecule has 0 amide bonds. The Morgan fingerprint density at radius 2 is 2.14 bits per heavy atom. The van der Waals surface area contributed by atoms with E-state index in [4.69, 9.17) is 10.5 Å². The zero-order chi connectivity index (χ0) is 15.7. The van der Waals surface area contributed by atoms with E-state index in [1.807, 2.05) is 0 Å². The third-order valence-corrected chi connectivity index (χ3v) is 5.99. The van der Waals surface area contributed by atoms with Gasteiger partial charge >= 0.3 is 0 Å². The summed E-state index contributed by atoms with van der Waals surface area (Å²) in [5, 5.41) is 0. The summed E-state index contributed by atoms with van der Waals surface area (Å²) < 4.78 is 5.37. The SMILES string of the molecule is COc1cc2c(cc1N)C1CCC(C)C(CCC=O)C1CC2. The summed E-state index contributed by atoms with van der Waals surface area (Å²) in [5.41, 5.74) is 9.76. The van der Waals surface area contributed by atoms with Crippen LogP contribution in [0.5, 0.6) is 5.75 Å². The van der Waals surface area contributed by atoms with Gasteiger partial charge in [0.25, 0.3) is 0 Å². The lowest BCUT2D eigenvalue weighted by Crippen LogP contribution is -2.35. The number of rotatable bonds is 4. The van der Waals surface area contributed by atoms with Crippen molar-refractivity contribution in [3.63, 3.8) is 0 Å². The van der Waals surface area contributed by atoms with E-state index < -0.39 is 0 Å². The molecule has 4 unspecified atom stereocenters. The van der Waals surface area contributed by atoms with E-state index in [-0.39, 0.29) is 0 Å². The largest absolute Gasteiger partial charge is 0.495 e. The maximum Gasteiger partial charge on any atom is 0.142 e. The first-order chi connectivity index (χ1) is 10.7. The number of benzene rings is 1. The number of nitrogen functional groups attached to an aromatic ring is 1. The zero-order valence-electron chi connectivity index (χ0n) is 13.7. The smallest absolute Gasteiger partial charge is 0.142 e. The van der Waals surface area contributed by atoms with Crippen molar-refractivity contribution in [3.8, 4) is 5.75 Å². The summed E-state index contributed by atoms with van der Waals surface area (Å²) in [6.07, 6.45) is 7.69. The predicted molar refractivity (Wildman–Crippen MR) is 89.1 cm³/mol. The Morgan fingerprint density at radius 1 is 1.32 bits per heavy atom. The Hall–Kier alpha value is -1.51. The Labute approximate surface area is 133 Å². The van der Waals surface area contributed by atoms with Gasteiger partial charge in [0.1, 0.15) is 12.0 Å². The number of aldehydes is 1. The highest BCUT2D eigenvalue weighted by Gasteiger charge is 2.40. The number of nitrogens with two attached hydrogens (primary N) is 1. The summed E-state index contributed by atoms with van der Waals surface area (Å²) in [5.74, 6) is 3.55. The van der Waals surface area contributed by atoms with Crippen LogP contribution < -0.4 is 10.5 Å². The zero-order valence-corrected chi connectivity index (χ0v) is 13.7. The topological polar surface area (TPSA) is 52.3 Å². The van der Waals surface area contributed by atoms with Crippen LogP contribution in [0.4, 0.5) is 5.69 Å². The number of carbonyl (C=O) groups is 1. The molecule has 2 aliphatic carbocycles. The Morgan fingerprint density at radius 3 is 2.86 bits per heavy atom. The van der Waals surface area contributed by atoms with Gasteiger partial charge in [-0.1, -0.05) is 6.92 Å². The third kappa shape index (κ3) is 2.62. The van der Waals surface area contributed by atoms with Crippen LogP contribution in [-0.2, 0) is 11.2 Å². The van der Waals surface area contributed by atoms with Crippen molar-refractivity contribution in [2.24, 2.45) is 17.8 Å². The van der Waals surface area contributed by atoms with Gasteiger partial charge in [-0.15, -0.1) is 0 Å². The molecule has 3 nitrogen and oxygen atoms in total. The molecule has 22 heavy (non-hydrogen) atoms. The summed E-state index contributed by atoms with van der Waals surface area (Å²) in [6, 6.07) is 4.29. The van der Waals surface area contributed by atoms with Crippen LogP contribution in [-0.4, -0.2) is 13.4 Å². The van der Waals surface area contributed by atoms with Crippen LogP contribution in [0.3, 0.4) is 0 Å². The lowest BCUT2D eigenvalue weighted by Gasteiger charge is -2.46. The molecule has 0 aliphatic heterocycles. The summed E-state index contributed by atoms with van der Waals surface area (Å²) >= 11 is 0. The summed E-state index contributed by atoms with van der Waals surface area (Å²) in [4.78, 5) is 10.8. The van der Waals surface area contributed by atoms with Crippen LogP contribution in [0, 0.1) is 17.8 Å². The van der Waals surface area contributed by atoms with Gasteiger partial charge in [0, 0.05) is 6.42 Å². The second-order valence-electron chi connectivity index (χ2n) is 7.06. The third-order valence-electron chi connectivity index (χ3n) is 5.99. The van der Waals surface area contributed by atoms with Crippen LogP contribution in [0.2, 0.25) is 0 Å². The lowest BCUT2D eigenvalue weighted by atomic mass is 9.59. The van der Waals surface area contributed by atoms with Gasteiger partial charge < -0.3 is 15.3 Å². The van der Waals surface area contributed by atoms with Crippen molar-refractivity contribution in [3.05, 3.63) is 23.3 Å². The molecule has 2 aliphatic rings. The first-order valence-corrected chi connectivity index (χ1v) is 8.55. The highest BCUT2D eigenvalue weighted by Crippen LogP contribution is 2.52. The van der Waals surface area contributed by atoms with E-state index in [0.29, 0.717) is 24.2 Å². The van der Waals surface area contributed by atoms with Crippen molar-refractivity contribution >= 4 is 12.0 Å². The molecule has 0 aromatic heterocycles. The number of fused-ring (bicyclic) bond motifs is 3. The van der Waals surface area contributed by atoms with E-state index >= 15 is 0 Å². The number of hydrogen-bond acceptors (Lipinski definition) is 3. The Balaban J connectivity index is 1.91. The van der Waals surface area contributed by atoms with Crippen LogP contribution in [0.1, 0.15) is 56.1 Å². The van der Waals surface area contributed by atoms with Crippen LogP contribution in [0.25, 0.3) is 0 Å². The van der Waals surface area contributed by atoms with Crippen molar-refractivity contribution in [2.45, 2.75) is 51.4 Å². The second kappa shape index (κ2) is 6.31. The molecular weight excluding hydrogens is 274 g/mol. The van der Waals surface area contributed by atoms with E-state index in [1.54, 1.807) is 7.11 Å². The van der Waals surface area contributed by atoms with E-state index in [2.05, 4.69) is 19.1 Å².